The van der Waals surface area contributed by atoms with E-state index in [4.69, 9.17) is 0 Å². The summed E-state index contributed by atoms with van der Waals surface area (Å²) in [6.07, 6.45) is -0.533. The molecular weight excluding hydrogens is 226 g/mol. The second-order valence-electron chi connectivity index (χ2n) is 3.12. The van der Waals surface area contributed by atoms with Gasteiger partial charge in [0.1, 0.15) is 5.69 Å². The van der Waals surface area contributed by atoms with Crippen molar-refractivity contribution in [3.05, 3.63) is 34.4 Å². The van der Waals surface area contributed by atoms with Crippen molar-refractivity contribution in [2.24, 2.45) is 0 Å². The van der Waals surface area contributed by atoms with Crippen LogP contribution < -0.4 is 10.6 Å². The van der Waals surface area contributed by atoms with Crippen LogP contribution in [0.15, 0.2) is 24.3 Å². The first kappa shape index (κ1) is 12.8. The van der Waals surface area contributed by atoms with Gasteiger partial charge in [-0.25, -0.2) is 4.79 Å². The molecule has 1 amide bonds. The molecule has 0 unspecified atom stereocenters. The van der Waals surface area contributed by atoms with Crippen LogP contribution in [0.2, 0.25) is 0 Å². The number of nitro benzene ring substituents is 1. The van der Waals surface area contributed by atoms with Crippen molar-refractivity contribution in [1.29, 1.82) is 0 Å². The molecule has 0 spiro atoms. The topological polar surface area (TPSA) is 93.5 Å². The van der Waals surface area contributed by atoms with Crippen LogP contribution in [0.25, 0.3) is 0 Å². The molecule has 2 N–H and O–H groups in total. The van der Waals surface area contributed by atoms with E-state index in [1.807, 2.05) is 0 Å². The third-order valence-corrected chi connectivity index (χ3v) is 2.00. The van der Waals surface area contributed by atoms with Crippen LogP contribution in [-0.4, -0.2) is 31.2 Å². The molecule has 7 nitrogen and oxygen atoms in total. The van der Waals surface area contributed by atoms with E-state index in [2.05, 4.69) is 15.4 Å². The Labute approximate surface area is 97.9 Å². The lowest BCUT2D eigenvalue weighted by Crippen LogP contribution is -2.28. The summed E-state index contributed by atoms with van der Waals surface area (Å²) < 4.78 is 4.38. The lowest BCUT2D eigenvalue weighted by molar-refractivity contribution is -0.384. The molecule has 17 heavy (non-hydrogen) atoms. The van der Waals surface area contributed by atoms with Crippen LogP contribution in [0.4, 0.5) is 16.2 Å². The standard InChI is InChI=1S/C10H13N3O4/c1-17-10(14)12-7-6-11-8-4-2-3-5-9(8)13(15)16/h2-5,11H,6-7H2,1H3,(H,12,14). The van der Waals surface area contributed by atoms with Crippen molar-refractivity contribution in [2.75, 3.05) is 25.5 Å². The molecule has 0 heterocycles. The van der Waals surface area contributed by atoms with E-state index in [0.717, 1.165) is 0 Å². The molecule has 0 bridgehead atoms. The van der Waals surface area contributed by atoms with Gasteiger partial charge >= 0.3 is 6.09 Å². The number of nitrogens with zero attached hydrogens (tertiary/aromatic N) is 1. The van der Waals surface area contributed by atoms with E-state index in [-0.39, 0.29) is 5.69 Å². The minimum atomic E-state index is -0.533. The van der Waals surface area contributed by atoms with Gasteiger partial charge in [-0.1, -0.05) is 12.1 Å². The number of ether oxygens (including phenoxy) is 1. The fourth-order valence-electron chi connectivity index (χ4n) is 1.22. The molecule has 0 aliphatic rings. The number of anilines is 1. The van der Waals surface area contributed by atoms with Crippen molar-refractivity contribution in [3.8, 4) is 0 Å². The molecule has 0 saturated heterocycles. The van der Waals surface area contributed by atoms with Crippen molar-refractivity contribution in [3.63, 3.8) is 0 Å². The average molecular weight is 239 g/mol. The molecule has 92 valence electrons. The minimum Gasteiger partial charge on any atom is -0.453 e. The number of para-hydroxylation sites is 2. The maximum Gasteiger partial charge on any atom is 0.406 e. The first-order valence-corrected chi connectivity index (χ1v) is 4.94. The quantitative estimate of drug-likeness (QED) is 0.459. The van der Waals surface area contributed by atoms with Gasteiger partial charge in [0.2, 0.25) is 0 Å². The number of carbonyl (C=O) groups is 1. The molecule has 0 aliphatic carbocycles. The van der Waals surface area contributed by atoms with Gasteiger partial charge in [0.15, 0.2) is 0 Å². The van der Waals surface area contributed by atoms with Crippen LogP contribution in [0, 0.1) is 10.1 Å². The lowest BCUT2D eigenvalue weighted by Gasteiger charge is -2.07. The first-order valence-electron chi connectivity index (χ1n) is 4.94. The first-order chi connectivity index (χ1) is 8.15. The molecule has 0 fully saturated rings. The highest BCUT2D eigenvalue weighted by atomic mass is 16.6. The number of benzene rings is 1. The van der Waals surface area contributed by atoms with Gasteiger partial charge in [0.05, 0.1) is 12.0 Å². The fourth-order valence-corrected chi connectivity index (χ4v) is 1.22. The van der Waals surface area contributed by atoms with Crippen molar-refractivity contribution in [1.82, 2.24) is 5.32 Å². The Hall–Kier alpha value is -2.31. The van der Waals surface area contributed by atoms with E-state index in [1.165, 1.54) is 13.2 Å². The predicted octanol–water partition coefficient (Wildman–Crippen LogP) is 1.36. The summed E-state index contributed by atoms with van der Waals surface area (Å²) in [5.74, 6) is 0. The summed E-state index contributed by atoms with van der Waals surface area (Å²) in [7, 11) is 1.27. The van der Waals surface area contributed by atoms with E-state index < -0.39 is 11.0 Å². The lowest BCUT2D eigenvalue weighted by atomic mass is 10.2. The van der Waals surface area contributed by atoms with Crippen molar-refractivity contribution in [2.45, 2.75) is 0 Å². The number of alkyl carbamates (subject to hydrolysis) is 1. The molecular formula is C10H13N3O4. The van der Waals surface area contributed by atoms with Crippen LogP contribution >= 0.6 is 0 Å². The van der Waals surface area contributed by atoms with Gasteiger partial charge in [-0.15, -0.1) is 0 Å². The Bertz CT molecular complexity index is 408. The van der Waals surface area contributed by atoms with Crippen molar-refractivity contribution < 1.29 is 14.5 Å². The molecule has 1 rings (SSSR count). The summed E-state index contributed by atoms with van der Waals surface area (Å²) in [5.41, 5.74) is 0.426. The van der Waals surface area contributed by atoms with Crippen LogP contribution in [0.3, 0.4) is 0 Å². The number of nitro groups is 1. The number of hydrogen-bond acceptors (Lipinski definition) is 5. The largest absolute Gasteiger partial charge is 0.453 e. The second-order valence-corrected chi connectivity index (χ2v) is 3.12. The maximum atomic E-state index is 10.7. The SMILES string of the molecule is COC(=O)NCCNc1ccccc1[N+](=O)[O-]. The maximum absolute atomic E-state index is 10.7. The number of methoxy groups -OCH3 is 1. The Morgan fingerprint density at radius 2 is 2.12 bits per heavy atom. The second kappa shape index (κ2) is 6.31. The Morgan fingerprint density at radius 1 is 1.41 bits per heavy atom. The highest BCUT2D eigenvalue weighted by Gasteiger charge is 2.11. The monoisotopic (exact) mass is 239 g/mol. The average Bonchev–Trinajstić information content (AvgIpc) is 2.34. The smallest absolute Gasteiger partial charge is 0.406 e. The molecule has 0 aromatic heterocycles. The number of carbonyl (C=O) groups excluding carboxylic acids is 1. The normalized spacial score (nSPS) is 9.47. The third-order valence-electron chi connectivity index (χ3n) is 2.00. The zero-order valence-corrected chi connectivity index (χ0v) is 9.30. The number of hydrogen-bond donors (Lipinski definition) is 2. The molecule has 1 aromatic rings. The summed E-state index contributed by atoms with van der Waals surface area (Å²) >= 11 is 0. The minimum absolute atomic E-state index is 0.00516. The zero-order valence-electron chi connectivity index (χ0n) is 9.30. The third kappa shape index (κ3) is 3.98. The van der Waals surface area contributed by atoms with Gasteiger partial charge in [0.25, 0.3) is 5.69 Å². The zero-order chi connectivity index (χ0) is 12.7. The van der Waals surface area contributed by atoms with Gasteiger partial charge < -0.3 is 15.4 Å². The van der Waals surface area contributed by atoms with Gasteiger partial charge in [-0.3, -0.25) is 10.1 Å². The fraction of sp³-hybridized carbons (Fsp3) is 0.300. The van der Waals surface area contributed by atoms with Gasteiger partial charge in [-0.2, -0.15) is 0 Å². The predicted molar refractivity (Wildman–Crippen MR) is 62.0 cm³/mol. The Kier molecular flexibility index (Phi) is 4.74. The molecule has 0 saturated carbocycles. The van der Waals surface area contributed by atoms with Crippen LogP contribution in [0.1, 0.15) is 0 Å². The number of nitrogens with one attached hydrogen (secondary N) is 2. The Balaban J connectivity index is 2.46. The van der Waals surface area contributed by atoms with Crippen LogP contribution in [-0.2, 0) is 4.74 Å². The van der Waals surface area contributed by atoms with E-state index in [9.17, 15) is 14.9 Å². The molecule has 7 heteroatoms. The van der Waals surface area contributed by atoms with Gasteiger partial charge in [-0.05, 0) is 6.07 Å². The summed E-state index contributed by atoms with van der Waals surface area (Å²) in [4.78, 5) is 21.0. The van der Waals surface area contributed by atoms with E-state index >= 15 is 0 Å². The van der Waals surface area contributed by atoms with Crippen LogP contribution in [0.5, 0.6) is 0 Å². The molecule has 0 aliphatic heterocycles. The van der Waals surface area contributed by atoms with E-state index in [1.54, 1.807) is 18.2 Å². The Morgan fingerprint density at radius 3 is 2.76 bits per heavy atom. The molecule has 1 aromatic carbocycles. The summed E-state index contributed by atoms with van der Waals surface area (Å²) in [5, 5.41) is 16.0. The van der Waals surface area contributed by atoms with Gasteiger partial charge in [0, 0.05) is 19.2 Å². The highest BCUT2D eigenvalue weighted by Crippen LogP contribution is 2.22. The summed E-state index contributed by atoms with van der Waals surface area (Å²) in [6.45, 7) is 0.693. The van der Waals surface area contributed by atoms with Crippen molar-refractivity contribution >= 4 is 17.5 Å². The number of rotatable bonds is 5. The summed E-state index contributed by atoms with van der Waals surface area (Å²) in [6, 6.07) is 6.31. The number of amides is 1. The molecule has 0 radical (unpaired) electrons. The highest BCUT2D eigenvalue weighted by molar-refractivity contribution is 5.67. The molecule has 0 atom stereocenters. The van der Waals surface area contributed by atoms with E-state index in [0.29, 0.717) is 18.8 Å².